The molecule has 5 fully saturated rings. The molecule has 0 bridgehead atoms. The van der Waals surface area contributed by atoms with Crippen molar-refractivity contribution in [2.45, 2.75) is 391 Å². The van der Waals surface area contributed by atoms with E-state index in [1.165, 1.54) is 70.3 Å². The molecule has 0 aromatic rings. The number of aliphatic hydroxyl groups excluding tert-OH is 16. The third-order valence-corrected chi connectivity index (χ3v) is 21.9. The Morgan fingerprint density at radius 1 is 0.491 bits per heavy atom. The van der Waals surface area contributed by atoms with E-state index >= 15 is 0 Å². The highest BCUT2D eigenvalue weighted by Gasteiger charge is 2.64. The normalized spacial score (nSPS) is 33.4. The fourth-order valence-electron chi connectivity index (χ4n) is 15.4. The van der Waals surface area contributed by atoms with E-state index in [0.29, 0.717) is 12.8 Å². The molecule has 37 nitrogen and oxygen atoms in total. The van der Waals surface area contributed by atoms with Crippen LogP contribution in [0, 0.1) is 5.92 Å². The maximum absolute atomic E-state index is 14.2. The third-order valence-electron chi connectivity index (χ3n) is 21.9. The van der Waals surface area contributed by atoms with Gasteiger partial charge in [-0.1, -0.05) is 154 Å². The van der Waals surface area contributed by atoms with E-state index in [0.717, 1.165) is 104 Å². The molecule has 3 amide bonds. The molecule has 5 aliphatic rings. The van der Waals surface area contributed by atoms with Crippen molar-refractivity contribution in [1.82, 2.24) is 16.0 Å². The molecule has 0 aromatic heterocycles. The van der Waals surface area contributed by atoms with Crippen LogP contribution in [0.4, 0.5) is 0 Å². The zero-order valence-electron chi connectivity index (χ0n) is 67.7. The number of aliphatic hydroxyl groups is 16. The lowest BCUT2D eigenvalue weighted by Crippen LogP contribution is -2.72. The van der Waals surface area contributed by atoms with Gasteiger partial charge in [-0.25, -0.2) is 9.59 Å². The Labute approximate surface area is 678 Å². The van der Waals surface area contributed by atoms with Crippen LogP contribution in [-0.4, -0.2) is 338 Å². The molecule has 0 spiro atoms. The minimum absolute atomic E-state index is 0.106. The van der Waals surface area contributed by atoms with Crippen LogP contribution in [0.25, 0.3) is 0 Å². The number of Topliss-reactive ketones (excluding diaryl/α,β-unsaturated/α-hetero) is 1. The molecule has 5 heterocycles. The number of ketones is 1. The van der Waals surface area contributed by atoms with E-state index in [-0.39, 0.29) is 6.42 Å². The molecule has 29 atom stereocenters. The summed E-state index contributed by atoms with van der Waals surface area (Å²) in [6.07, 6.45) is -18.3. The molecule has 0 aromatic carbocycles. The number of hydrogen-bond donors (Lipinski definition) is 21. The predicted octanol–water partition coefficient (Wildman–Crippen LogP) is -0.826. The summed E-state index contributed by atoms with van der Waals surface area (Å²) >= 11 is 0. The van der Waals surface area contributed by atoms with Crippen LogP contribution in [0.5, 0.6) is 0 Å². The van der Waals surface area contributed by atoms with Gasteiger partial charge in [-0.15, -0.1) is 0 Å². The number of carbonyl (C=O) groups excluding carboxylic acids is 4. The first-order valence-electron chi connectivity index (χ1n) is 41.6. The van der Waals surface area contributed by atoms with Crippen molar-refractivity contribution >= 4 is 35.4 Å². The van der Waals surface area contributed by atoms with Crippen LogP contribution < -0.4 is 16.0 Å². The van der Waals surface area contributed by atoms with Crippen molar-refractivity contribution < 1.29 is 168 Å². The number of carboxylic acid groups (broad SMARTS) is 2. The van der Waals surface area contributed by atoms with E-state index in [1.807, 2.05) is 0 Å². The molecule has 21 N–H and O–H groups in total. The molecule has 5 aliphatic heterocycles. The molecule has 37 heteroatoms. The summed E-state index contributed by atoms with van der Waals surface area (Å²) in [6, 6.07) is -4.96. The topological polar surface area (TPSA) is 595 Å². The first-order chi connectivity index (χ1) is 55.3. The highest BCUT2D eigenvalue weighted by Crippen LogP contribution is 2.43. The average molecular weight is 1670 g/mol. The number of carboxylic acids is 2. The number of aliphatic carboxylic acids is 2. The van der Waals surface area contributed by atoms with Gasteiger partial charge < -0.3 is 160 Å². The Morgan fingerprint density at radius 3 is 1.45 bits per heavy atom. The molecule has 2 unspecified atom stereocenters. The fraction of sp³-hybridized carbons (Fsp3) is 0.873. The molecule has 5 rings (SSSR count). The maximum Gasteiger partial charge on any atom is 0.364 e. The molecule has 0 saturated carbocycles. The Morgan fingerprint density at radius 2 is 0.948 bits per heavy atom. The van der Waals surface area contributed by atoms with E-state index < -0.39 is 271 Å². The number of unbranched alkanes of at least 4 members (excludes halogenated alkanes) is 22. The van der Waals surface area contributed by atoms with Crippen molar-refractivity contribution in [3.63, 3.8) is 0 Å². The number of nitrogens with one attached hydrogen (secondary N) is 3. The molecule has 672 valence electrons. The number of ether oxygens (including phenoxy) is 10. The first kappa shape index (κ1) is 102. The van der Waals surface area contributed by atoms with Gasteiger partial charge in [-0.05, 0) is 51.9 Å². The minimum Gasteiger partial charge on any atom is -0.477 e. The Balaban J connectivity index is 1.45. The van der Waals surface area contributed by atoms with Gasteiger partial charge in [0.05, 0.1) is 82.2 Å². The van der Waals surface area contributed by atoms with Crippen molar-refractivity contribution in [2.75, 3.05) is 39.6 Å². The Hall–Kier alpha value is -4.54. The Kier molecular flexibility index (Phi) is 46.4. The molecular formula is C79H137N3O34. The van der Waals surface area contributed by atoms with Crippen LogP contribution in [0.3, 0.4) is 0 Å². The number of carbonyl (C=O) groups is 6. The van der Waals surface area contributed by atoms with Gasteiger partial charge in [0.25, 0.3) is 11.6 Å². The van der Waals surface area contributed by atoms with E-state index in [1.54, 1.807) is 6.08 Å². The third kappa shape index (κ3) is 30.8. The number of amides is 3. The summed E-state index contributed by atoms with van der Waals surface area (Å²) in [5.41, 5.74) is 0. The zero-order chi connectivity index (χ0) is 85.8. The van der Waals surface area contributed by atoms with Gasteiger partial charge in [0.2, 0.25) is 17.7 Å². The van der Waals surface area contributed by atoms with Crippen LogP contribution in [0.1, 0.15) is 221 Å². The van der Waals surface area contributed by atoms with Crippen molar-refractivity contribution in [2.24, 2.45) is 5.92 Å². The van der Waals surface area contributed by atoms with Crippen LogP contribution >= 0.6 is 0 Å². The number of allylic oxidation sites excluding steroid dienone is 3. The maximum atomic E-state index is 14.2. The number of hydrogen-bond acceptors (Lipinski definition) is 32. The minimum atomic E-state index is -3.58. The van der Waals surface area contributed by atoms with Gasteiger partial charge in [0.1, 0.15) is 103 Å². The van der Waals surface area contributed by atoms with Gasteiger partial charge >= 0.3 is 11.9 Å². The second-order valence-electron chi connectivity index (χ2n) is 31.4. The lowest BCUT2D eigenvalue weighted by molar-refractivity contribution is -0.404. The zero-order valence-corrected chi connectivity index (χ0v) is 67.7. The summed E-state index contributed by atoms with van der Waals surface area (Å²) in [4.78, 5) is 79.2. The van der Waals surface area contributed by atoms with Crippen LogP contribution in [0.15, 0.2) is 24.3 Å². The van der Waals surface area contributed by atoms with Crippen LogP contribution in [-0.2, 0) is 76.1 Å². The summed E-state index contributed by atoms with van der Waals surface area (Å²) in [6.45, 7) is 0.672. The predicted molar refractivity (Wildman–Crippen MR) is 408 cm³/mol. The lowest BCUT2D eigenvalue weighted by Gasteiger charge is -2.52. The van der Waals surface area contributed by atoms with Crippen molar-refractivity contribution in [3.8, 4) is 0 Å². The molecular weight excluding hydrogens is 1530 g/mol. The monoisotopic (exact) mass is 1670 g/mol. The quantitative estimate of drug-likeness (QED) is 0.0261. The smallest absolute Gasteiger partial charge is 0.364 e. The number of rotatable bonds is 56. The van der Waals surface area contributed by atoms with E-state index in [9.17, 15) is 121 Å². The first-order valence-corrected chi connectivity index (χ1v) is 41.6. The van der Waals surface area contributed by atoms with Crippen molar-refractivity contribution in [3.05, 3.63) is 24.3 Å². The fourth-order valence-corrected chi connectivity index (χ4v) is 15.4. The van der Waals surface area contributed by atoms with E-state index in [2.05, 4.69) is 41.9 Å². The van der Waals surface area contributed by atoms with Gasteiger partial charge in [0.15, 0.2) is 18.9 Å². The summed E-state index contributed by atoms with van der Waals surface area (Å²) in [5, 5.41) is 211. The second-order valence-corrected chi connectivity index (χ2v) is 31.4. The summed E-state index contributed by atoms with van der Waals surface area (Å²) < 4.78 is 60.1. The average Bonchev–Trinajstić information content (AvgIpc) is 0.751. The largest absolute Gasteiger partial charge is 0.477 e. The van der Waals surface area contributed by atoms with E-state index in [4.69, 9.17) is 47.4 Å². The summed E-state index contributed by atoms with van der Waals surface area (Å²) in [7, 11) is 0. The standard InChI is InChI=1S/C79H137N3O34/c1-6-8-10-12-14-16-18-20-21-23-25-27-29-31-33-35-58(95)82-49(50(91)34-32-30-28-26-24-22-19-17-15-13-11-9-7-2)44-107-74-66(101)65(100)68(56(42-86)109-74)111-75-67(102)72(69(57(43-87)110-75)112-73-48(36-45(3)88)61(96)63(98)54(40-84)108-73)116-79(77(105)106)38-52(93)60(81-47(5)90)71(115-79)64(99)55(41-85)113-78(76(103)104)37-51(92)59(80-46(4)89)70(114-78)62(97)53(94)39-83/h16,18,32,34,48-57,59-75,83-87,91-94,96-102H,6-15,17,19-31,33,35-44H2,1-5H3,(H,80,89)(H,81,90)(H,82,95)(H,103,104)(H,105,106)/b18-16-,34-32+/t48-,49+,50-,51+,52+,53-,54-,55-,56-,57-,59-,60-,61-,62-,63+,64-,65-,66-,67-,68-,69+,70?,71?,72-,73+,74-,75+,78-,79+/m1/s1. The highest BCUT2D eigenvalue weighted by atomic mass is 16.8. The van der Waals surface area contributed by atoms with Crippen LogP contribution in [0.2, 0.25) is 0 Å². The molecule has 0 aliphatic carbocycles. The molecule has 116 heavy (non-hydrogen) atoms. The second kappa shape index (κ2) is 52.7. The SMILES string of the molecule is CCCCCC/C=C\CCCCCCCCCC(=O)N[C@@H](CO[C@@H]1O[C@H](CO)[C@@H](O[C@@H]2O[C@H](CO)[C@H](O[C@@H]3O[C@H](CO)[C@H](O)[C@H](O)[C@H]3CC(C)=O)[C@H](O[C@]3(C(=O)O)C[C@H](O)[C@@H](NC(C)=O)C([C@H](O)[C@@H](CO)O[C@]4(C(=O)O)C[C@H](O)[C@@H](NC(C)=O)C([C@H](O)[C@H](O)CO)O4)O3)[C@H]2O)[C@H](O)[C@H]1O)[C@H](O)/C=C/CCCCCCCCCCCCC. The van der Waals surface area contributed by atoms with Gasteiger partial charge in [-0.3, -0.25) is 14.4 Å². The van der Waals surface area contributed by atoms with Crippen molar-refractivity contribution in [1.29, 1.82) is 0 Å². The summed E-state index contributed by atoms with van der Waals surface area (Å²) in [5.74, 6) is -15.9. The Bertz CT molecular complexity index is 2910. The van der Waals surface area contributed by atoms with Gasteiger partial charge in [-0.2, -0.15) is 0 Å². The highest BCUT2D eigenvalue weighted by molar-refractivity contribution is 5.78. The van der Waals surface area contributed by atoms with Gasteiger partial charge in [0, 0.05) is 45.4 Å². The molecule has 0 radical (unpaired) electrons. The molecule has 5 saturated heterocycles. The lowest BCUT2D eigenvalue weighted by atomic mass is 9.86.